The highest BCUT2D eigenvalue weighted by atomic mass is 16.5. The number of hydrogen-bond acceptors (Lipinski definition) is 4. The number of hydrogen-bond donors (Lipinski definition) is 0. The van der Waals surface area contributed by atoms with Crippen LogP contribution in [0.4, 0.5) is 0 Å². The third kappa shape index (κ3) is 6.49. The Bertz CT molecular complexity index is 1310. The Morgan fingerprint density at radius 2 is 1.65 bits per heavy atom. The summed E-state index contributed by atoms with van der Waals surface area (Å²) in [5.74, 6) is 3.83. The fourth-order valence-corrected chi connectivity index (χ4v) is 8.86. The van der Waals surface area contributed by atoms with Gasteiger partial charge in [0.1, 0.15) is 11.9 Å². The van der Waals surface area contributed by atoms with Gasteiger partial charge in [-0.05, 0) is 109 Å². The molecule has 4 nitrogen and oxygen atoms in total. The quantitative estimate of drug-likeness (QED) is 0.132. The Hall–Kier alpha value is -2.88. The summed E-state index contributed by atoms with van der Waals surface area (Å²) in [5, 5.41) is 0. The maximum atomic E-state index is 12.7. The zero-order chi connectivity index (χ0) is 30.9. The van der Waals surface area contributed by atoms with E-state index < -0.39 is 0 Å². The van der Waals surface area contributed by atoms with Gasteiger partial charge >= 0.3 is 11.9 Å². The number of esters is 2. The van der Waals surface area contributed by atoms with Crippen LogP contribution in [0.15, 0.2) is 65.8 Å². The van der Waals surface area contributed by atoms with E-state index in [1.165, 1.54) is 44.3 Å². The summed E-state index contributed by atoms with van der Waals surface area (Å²) < 4.78 is 11.0. The van der Waals surface area contributed by atoms with Crippen molar-refractivity contribution >= 4 is 18.0 Å². The molecule has 4 aliphatic rings. The average Bonchev–Trinajstić information content (AvgIpc) is 3.32. The minimum atomic E-state index is -0.353. The summed E-state index contributed by atoms with van der Waals surface area (Å²) in [6, 6.07) is 7.07. The number of benzene rings is 1. The molecule has 0 heterocycles. The van der Waals surface area contributed by atoms with Crippen molar-refractivity contribution in [1.82, 2.24) is 0 Å². The summed E-state index contributed by atoms with van der Waals surface area (Å²) >= 11 is 0. The Morgan fingerprint density at radius 1 is 0.907 bits per heavy atom. The van der Waals surface area contributed by atoms with Gasteiger partial charge in [-0.2, -0.15) is 0 Å². The van der Waals surface area contributed by atoms with Crippen LogP contribution in [-0.2, 0) is 14.3 Å². The normalized spacial score (nSPS) is 33.3. The smallest absolute Gasteiger partial charge is 0.331 e. The lowest BCUT2D eigenvalue weighted by atomic mass is 9.50. The van der Waals surface area contributed by atoms with Crippen LogP contribution in [-0.4, -0.2) is 18.0 Å². The molecule has 1 aromatic rings. The molecule has 3 saturated carbocycles. The molecule has 232 valence electrons. The van der Waals surface area contributed by atoms with Gasteiger partial charge in [0.2, 0.25) is 0 Å². The molecule has 43 heavy (non-hydrogen) atoms. The van der Waals surface area contributed by atoms with E-state index in [1.54, 1.807) is 23.8 Å². The molecule has 4 heteroatoms. The van der Waals surface area contributed by atoms with Gasteiger partial charge in [0.15, 0.2) is 0 Å². The fraction of sp³-hybridized carbons (Fsp3) is 0.590. The predicted molar refractivity (Wildman–Crippen MR) is 174 cm³/mol. The number of fused-ring (bicyclic) bond motifs is 5. The minimum Gasteiger partial charge on any atom is -0.459 e. The third-order valence-corrected chi connectivity index (χ3v) is 11.8. The lowest BCUT2D eigenvalue weighted by molar-refractivity contribution is -0.144. The monoisotopic (exact) mass is 584 g/mol. The Kier molecular flexibility index (Phi) is 9.26. The molecular weight excluding hydrogens is 532 g/mol. The van der Waals surface area contributed by atoms with Gasteiger partial charge in [0.25, 0.3) is 0 Å². The lowest BCUT2D eigenvalue weighted by Crippen LogP contribution is -2.46. The largest absolute Gasteiger partial charge is 0.459 e. The number of rotatable bonds is 8. The van der Waals surface area contributed by atoms with E-state index in [1.807, 2.05) is 12.1 Å². The van der Waals surface area contributed by atoms with Crippen molar-refractivity contribution in [3.05, 3.63) is 71.4 Å². The zero-order valence-electron chi connectivity index (χ0n) is 27.4. The Labute approximate surface area is 259 Å². The van der Waals surface area contributed by atoms with Crippen LogP contribution in [0.2, 0.25) is 0 Å². The highest BCUT2D eigenvalue weighted by Crippen LogP contribution is 2.66. The van der Waals surface area contributed by atoms with Crippen molar-refractivity contribution in [2.45, 2.75) is 99.5 Å². The lowest BCUT2D eigenvalue weighted by Gasteiger charge is -2.55. The number of carbonyl (C=O) groups excluding carboxylic acids is 2. The Morgan fingerprint density at radius 3 is 2.35 bits per heavy atom. The first-order valence-corrected chi connectivity index (χ1v) is 16.7. The number of carbonyl (C=O) groups is 2. The van der Waals surface area contributed by atoms with Crippen LogP contribution >= 0.6 is 0 Å². The van der Waals surface area contributed by atoms with Crippen LogP contribution in [0, 0.1) is 46.3 Å². The molecule has 3 fully saturated rings. The maximum absolute atomic E-state index is 12.7. The van der Waals surface area contributed by atoms with Crippen molar-refractivity contribution < 1.29 is 19.1 Å². The first kappa shape index (κ1) is 31.5. The molecule has 0 bridgehead atoms. The van der Waals surface area contributed by atoms with Crippen LogP contribution < -0.4 is 4.74 Å². The standard InChI is InChI=1S/C39H52O4/c1-25(2)26(3)8-9-27(4)34-17-18-35-33-16-13-30-24-32(20-22-38(30,6)36(33)21-23-39(34,35)7)43-37(41)19-12-29-10-14-31(15-11-29)42-28(5)40/h8-16,19,25-27,32,34-36H,17-18,20-24H2,1-7H3. The van der Waals surface area contributed by atoms with E-state index in [2.05, 4.69) is 65.8 Å². The molecule has 0 radical (unpaired) electrons. The molecule has 1 aromatic carbocycles. The highest BCUT2D eigenvalue weighted by Gasteiger charge is 2.57. The Balaban J connectivity index is 1.23. The van der Waals surface area contributed by atoms with Gasteiger partial charge in [0, 0.05) is 19.4 Å². The zero-order valence-corrected chi connectivity index (χ0v) is 27.4. The van der Waals surface area contributed by atoms with E-state index in [-0.39, 0.29) is 23.5 Å². The van der Waals surface area contributed by atoms with Crippen LogP contribution in [0.5, 0.6) is 5.75 Å². The van der Waals surface area contributed by atoms with Gasteiger partial charge in [-0.15, -0.1) is 0 Å². The fourth-order valence-electron chi connectivity index (χ4n) is 8.86. The molecular formula is C39H52O4. The first-order valence-electron chi connectivity index (χ1n) is 16.7. The topological polar surface area (TPSA) is 52.6 Å². The summed E-state index contributed by atoms with van der Waals surface area (Å²) in [6.07, 6.45) is 21.1. The number of ether oxygens (including phenoxy) is 2. The second kappa shape index (κ2) is 12.6. The van der Waals surface area contributed by atoms with Crippen molar-refractivity contribution in [1.29, 1.82) is 0 Å². The number of allylic oxidation sites excluding steroid dienone is 5. The first-order chi connectivity index (χ1) is 20.4. The summed E-state index contributed by atoms with van der Waals surface area (Å²) in [4.78, 5) is 23.8. The second-order valence-corrected chi connectivity index (χ2v) is 14.8. The molecule has 0 N–H and O–H groups in total. The van der Waals surface area contributed by atoms with Crippen molar-refractivity contribution in [3.8, 4) is 5.75 Å². The van der Waals surface area contributed by atoms with Crippen molar-refractivity contribution in [2.24, 2.45) is 46.3 Å². The molecule has 5 rings (SSSR count). The van der Waals surface area contributed by atoms with Gasteiger partial charge in [-0.3, -0.25) is 4.79 Å². The molecule has 8 unspecified atom stereocenters. The summed E-state index contributed by atoms with van der Waals surface area (Å²) in [6.45, 7) is 15.9. The van der Waals surface area contributed by atoms with Crippen LogP contribution in [0.1, 0.15) is 99.0 Å². The van der Waals surface area contributed by atoms with E-state index in [0.717, 1.165) is 30.7 Å². The van der Waals surface area contributed by atoms with Crippen LogP contribution in [0.3, 0.4) is 0 Å². The van der Waals surface area contributed by atoms with Gasteiger partial charge in [-0.1, -0.05) is 89.1 Å². The van der Waals surface area contributed by atoms with Crippen molar-refractivity contribution in [3.63, 3.8) is 0 Å². The molecule has 0 saturated heterocycles. The molecule has 0 spiro atoms. The van der Waals surface area contributed by atoms with E-state index in [4.69, 9.17) is 9.47 Å². The van der Waals surface area contributed by atoms with Crippen LogP contribution in [0.25, 0.3) is 6.08 Å². The van der Waals surface area contributed by atoms with Gasteiger partial charge in [0.05, 0.1) is 0 Å². The second-order valence-electron chi connectivity index (χ2n) is 14.8. The molecule has 0 aliphatic heterocycles. The molecule has 0 aromatic heterocycles. The summed E-state index contributed by atoms with van der Waals surface area (Å²) in [5.41, 5.74) is 4.59. The van der Waals surface area contributed by atoms with E-state index in [0.29, 0.717) is 40.8 Å². The van der Waals surface area contributed by atoms with E-state index in [9.17, 15) is 9.59 Å². The molecule has 0 amide bonds. The minimum absolute atomic E-state index is 0.0802. The highest BCUT2D eigenvalue weighted by molar-refractivity contribution is 5.87. The average molecular weight is 585 g/mol. The van der Waals surface area contributed by atoms with Crippen molar-refractivity contribution in [2.75, 3.05) is 0 Å². The van der Waals surface area contributed by atoms with Gasteiger partial charge in [-0.25, -0.2) is 4.79 Å². The van der Waals surface area contributed by atoms with Gasteiger partial charge < -0.3 is 9.47 Å². The predicted octanol–water partition coefficient (Wildman–Crippen LogP) is 9.52. The summed E-state index contributed by atoms with van der Waals surface area (Å²) in [7, 11) is 0. The molecule has 4 aliphatic carbocycles. The maximum Gasteiger partial charge on any atom is 0.331 e. The molecule has 8 atom stereocenters. The SMILES string of the molecule is CC(=O)Oc1ccc(C=CC(=O)OC2CCC3(C)C(=CC=C4C3CCC3(C)C4CCC3C(C)C=CC(C)C(C)C)C2)cc1. The third-order valence-electron chi connectivity index (χ3n) is 11.8. The van der Waals surface area contributed by atoms with E-state index >= 15 is 0 Å².